The number of carbonyl (C=O) groups is 1. The first kappa shape index (κ1) is 21.4. The molecule has 0 radical (unpaired) electrons. The number of imidazole rings is 1. The number of thioether (sulfide) groups is 1. The predicted molar refractivity (Wildman–Crippen MR) is 114 cm³/mol. The van der Waals surface area contributed by atoms with Crippen molar-refractivity contribution in [3.63, 3.8) is 0 Å². The summed E-state index contributed by atoms with van der Waals surface area (Å²) in [6, 6.07) is 11.7. The molecule has 0 aliphatic carbocycles. The van der Waals surface area contributed by atoms with Crippen molar-refractivity contribution >= 4 is 38.6 Å². The molecule has 0 aliphatic heterocycles. The molecule has 0 saturated heterocycles. The number of sulfonamides is 1. The molecule has 1 aromatic heterocycles. The van der Waals surface area contributed by atoms with Gasteiger partial charge < -0.3 is 9.30 Å². The molecule has 1 atom stereocenters. The Bertz CT molecular complexity index is 1140. The third-order valence-electron chi connectivity index (χ3n) is 4.43. The summed E-state index contributed by atoms with van der Waals surface area (Å²) >= 11 is 1.34. The van der Waals surface area contributed by atoms with Crippen LogP contribution in [0.1, 0.15) is 31.1 Å². The molecule has 0 aliphatic rings. The number of hydrogen-bond donors (Lipinski definition) is 1. The Morgan fingerprint density at radius 3 is 2.48 bits per heavy atom. The summed E-state index contributed by atoms with van der Waals surface area (Å²) in [5, 5.41) is 5.50. The Kier molecular flexibility index (Phi) is 6.30. The van der Waals surface area contributed by atoms with Gasteiger partial charge in [-0.05, 0) is 63.2 Å². The van der Waals surface area contributed by atoms with Crippen LogP contribution in [0.2, 0.25) is 0 Å². The fourth-order valence-corrected chi connectivity index (χ4v) is 4.59. The Morgan fingerprint density at radius 1 is 1.21 bits per heavy atom. The summed E-state index contributed by atoms with van der Waals surface area (Å²) in [4.78, 5) is 17.4. The highest BCUT2D eigenvalue weighted by Gasteiger charge is 2.21. The van der Waals surface area contributed by atoms with Gasteiger partial charge in [-0.2, -0.15) is 0 Å². The lowest BCUT2D eigenvalue weighted by Crippen LogP contribution is -2.14. The number of fused-ring (bicyclic) bond motifs is 1. The van der Waals surface area contributed by atoms with E-state index in [4.69, 9.17) is 9.88 Å². The van der Waals surface area contributed by atoms with Crippen LogP contribution in [0.5, 0.6) is 5.75 Å². The maximum Gasteiger partial charge on any atom is 0.238 e. The highest BCUT2D eigenvalue weighted by atomic mass is 32.2. The molecule has 0 unspecified atom stereocenters. The summed E-state index contributed by atoms with van der Waals surface area (Å²) in [5.74, 6) is 0.709. The summed E-state index contributed by atoms with van der Waals surface area (Å²) in [5.41, 5.74) is 1.92. The number of rotatable bonds is 8. The smallest absolute Gasteiger partial charge is 0.238 e. The number of Topliss-reactive ketones (excluding diaryl/α,β-unsaturated/α-hetero) is 1. The minimum absolute atomic E-state index is 0.0146. The van der Waals surface area contributed by atoms with E-state index in [2.05, 4.69) is 4.98 Å². The third kappa shape index (κ3) is 4.63. The van der Waals surface area contributed by atoms with Crippen LogP contribution in [0.3, 0.4) is 0 Å². The van der Waals surface area contributed by atoms with Gasteiger partial charge in [0.05, 0.1) is 27.8 Å². The van der Waals surface area contributed by atoms with Crippen molar-refractivity contribution in [1.29, 1.82) is 0 Å². The topological polar surface area (TPSA) is 104 Å². The molecular weight excluding hydrogens is 410 g/mol. The molecule has 2 N–H and O–H groups in total. The van der Waals surface area contributed by atoms with Crippen molar-refractivity contribution in [2.45, 2.75) is 42.6 Å². The highest BCUT2D eigenvalue weighted by molar-refractivity contribution is 8.00. The number of nitrogens with zero attached hydrogens (tertiary/aromatic N) is 2. The lowest BCUT2D eigenvalue weighted by Gasteiger charge is -2.12. The SMILES string of the molecule is CCOc1ccc(C(=O)[C@H](C)Sc2nc3cc(S(N)(=O)=O)ccc3n2CC)cc1. The van der Waals surface area contributed by atoms with Crippen LogP contribution in [0, 0.1) is 0 Å². The number of carbonyl (C=O) groups excluding carboxylic acids is 1. The zero-order valence-corrected chi connectivity index (χ0v) is 18.1. The van der Waals surface area contributed by atoms with E-state index in [0.717, 1.165) is 11.3 Å². The molecule has 0 spiro atoms. The number of ether oxygens (including phenoxy) is 1. The van der Waals surface area contributed by atoms with E-state index in [1.807, 2.05) is 25.3 Å². The van der Waals surface area contributed by atoms with Crippen LogP contribution < -0.4 is 9.88 Å². The lowest BCUT2D eigenvalue weighted by atomic mass is 10.1. The van der Waals surface area contributed by atoms with Crippen LogP contribution in [-0.4, -0.2) is 35.6 Å². The number of nitrogens with two attached hydrogens (primary N) is 1. The van der Waals surface area contributed by atoms with Crippen molar-refractivity contribution in [3.8, 4) is 5.75 Å². The number of hydrogen-bond acceptors (Lipinski definition) is 6. The van der Waals surface area contributed by atoms with E-state index in [1.165, 1.54) is 23.9 Å². The van der Waals surface area contributed by atoms with Gasteiger partial charge in [0.2, 0.25) is 10.0 Å². The molecule has 9 heteroatoms. The number of aromatic nitrogens is 2. The van der Waals surface area contributed by atoms with Crippen molar-refractivity contribution in [3.05, 3.63) is 48.0 Å². The quantitative estimate of drug-likeness (QED) is 0.431. The summed E-state index contributed by atoms with van der Waals surface area (Å²) in [6.07, 6.45) is 0. The second-order valence-electron chi connectivity index (χ2n) is 6.42. The van der Waals surface area contributed by atoms with Crippen LogP contribution in [-0.2, 0) is 16.6 Å². The van der Waals surface area contributed by atoms with Gasteiger partial charge in [-0.15, -0.1) is 0 Å². The summed E-state index contributed by atoms with van der Waals surface area (Å²) < 4.78 is 30.6. The normalized spacial score (nSPS) is 12.8. The van der Waals surface area contributed by atoms with E-state index in [0.29, 0.717) is 29.4 Å². The molecule has 3 aromatic rings. The van der Waals surface area contributed by atoms with Crippen LogP contribution in [0.4, 0.5) is 0 Å². The molecule has 0 fully saturated rings. The maximum atomic E-state index is 12.8. The summed E-state index contributed by atoms with van der Waals surface area (Å²) in [7, 11) is -3.81. The van der Waals surface area contributed by atoms with Crippen LogP contribution in [0.15, 0.2) is 52.5 Å². The molecular formula is C20H23N3O4S2. The van der Waals surface area contributed by atoms with Crippen molar-refractivity contribution in [2.24, 2.45) is 5.14 Å². The van der Waals surface area contributed by atoms with E-state index in [-0.39, 0.29) is 15.9 Å². The number of benzene rings is 2. The maximum absolute atomic E-state index is 12.8. The van der Waals surface area contributed by atoms with Crippen molar-refractivity contribution in [1.82, 2.24) is 9.55 Å². The highest BCUT2D eigenvalue weighted by Crippen LogP contribution is 2.30. The number of aryl methyl sites for hydroxylation is 1. The first-order valence-electron chi connectivity index (χ1n) is 9.21. The monoisotopic (exact) mass is 433 g/mol. The molecule has 2 aromatic carbocycles. The first-order chi connectivity index (χ1) is 13.7. The van der Waals surface area contributed by atoms with Gasteiger partial charge in [-0.25, -0.2) is 18.5 Å². The third-order valence-corrected chi connectivity index (χ3v) is 6.43. The Morgan fingerprint density at radius 2 is 1.90 bits per heavy atom. The minimum atomic E-state index is -3.81. The molecule has 7 nitrogen and oxygen atoms in total. The number of primary sulfonamides is 1. The van der Waals surface area contributed by atoms with Crippen LogP contribution in [0.25, 0.3) is 11.0 Å². The zero-order chi connectivity index (χ0) is 21.2. The fourth-order valence-electron chi connectivity index (χ4n) is 2.99. The number of ketones is 1. The van der Waals surface area contributed by atoms with Crippen LogP contribution >= 0.6 is 11.8 Å². The molecule has 154 valence electrons. The second-order valence-corrected chi connectivity index (χ2v) is 9.29. The Balaban J connectivity index is 1.87. The van der Waals surface area contributed by atoms with Gasteiger partial charge in [0, 0.05) is 12.1 Å². The van der Waals surface area contributed by atoms with Gasteiger partial charge in [0.25, 0.3) is 0 Å². The molecule has 3 rings (SSSR count). The average molecular weight is 434 g/mol. The average Bonchev–Trinajstić information content (AvgIpc) is 3.03. The van der Waals surface area contributed by atoms with Gasteiger partial charge in [-0.1, -0.05) is 11.8 Å². The molecule has 29 heavy (non-hydrogen) atoms. The van der Waals surface area contributed by atoms with Gasteiger partial charge in [0.1, 0.15) is 5.75 Å². The molecule has 0 bridgehead atoms. The molecule has 1 heterocycles. The Labute approximate surface area is 174 Å². The van der Waals surface area contributed by atoms with Gasteiger partial charge >= 0.3 is 0 Å². The van der Waals surface area contributed by atoms with E-state index in [1.54, 1.807) is 30.3 Å². The van der Waals surface area contributed by atoms with E-state index >= 15 is 0 Å². The lowest BCUT2D eigenvalue weighted by molar-refractivity contribution is 0.0994. The zero-order valence-electron chi connectivity index (χ0n) is 16.5. The van der Waals surface area contributed by atoms with Crippen molar-refractivity contribution < 1.29 is 17.9 Å². The second kappa shape index (κ2) is 8.56. The molecule has 0 saturated carbocycles. The minimum Gasteiger partial charge on any atom is -0.494 e. The largest absolute Gasteiger partial charge is 0.494 e. The van der Waals surface area contributed by atoms with Gasteiger partial charge in [0.15, 0.2) is 10.9 Å². The fraction of sp³-hybridized carbons (Fsp3) is 0.300. The van der Waals surface area contributed by atoms with Gasteiger partial charge in [-0.3, -0.25) is 4.79 Å². The standard InChI is InChI=1S/C20H23N3O4S2/c1-4-23-18-11-10-16(29(21,25)26)12-17(18)22-20(23)28-13(3)19(24)14-6-8-15(9-7-14)27-5-2/h6-13H,4-5H2,1-3H3,(H2,21,25,26)/t13-/m0/s1. The summed E-state index contributed by atoms with van der Waals surface area (Å²) in [6.45, 7) is 6.91. The predicted octanol–water partition coefficient (Wildman–Crippen LogP) is 3.47. The van der Waals surface area contributed by atoms with E-state index in [9.17, 15) is 13.2 Å². The Hall–Kier alpha value is -2.36. The molecule has 0 amide bonds. The first-order valence-corrected chi connectivity index (χ1v) is 11.6. The van der Waals surface area contributed by atoms with E-state index < -0.39 is 10.0 Å². The van der Waals surface area contributed by atoms with Crippen molar-refractivity contribution in [2.75, 3.05) is 6.61 Å².